The molecule has 1 amide bonds. The Bertz CT molecular complexity index is 748. The van der Waals surface area contributed by atoms with Crippen LogP contribution in [0.25, 0.3) is 0 Å². The monoisotopic (exact) mass is 369 g/mol. The predicted octanol–water partition coefficient (Wildman–Crippen LogP) is 0.837. The van der Waals surface area contributed by atoms with Crippen molar-refractivity contribution in [1.82, 2.24) is 5.32 Å². The largest absolute Gasteiger partial charge is 0.481 e. The molecule has 138 valence electrons. The van der Waals surface area contributed by atoms with Gasteiger partial charge in [0.15, 0.2) is 23.1 Å². The molecule has 2 rings (SSSR count). The van der Waals surface area contributed by atoms with E-state index in [1.807, 2.05) is 32.9 Å². The van der Waals surface area contributed by atoms with Gasteiger partial charge < -0.3 is 14.8 Å². The van der Waals surface area contributed by atoms with E-state index in [1.165, 1.54) is 0 Å². The summed E-state index contributed by atoms with van der Waals surface area (Å²) < 4.78 is 33.0. The number of amides is 1. The zero-order valence-corrected chi connectivity index (χ0v) is 15.4. The first-order valence-electron chi connectivity index (χ1n) is 8.02. The maximum atomic E-state index is 11.7. The van der Waals surface area contributed by atoms with E-state index in [9.17, 15) is 18.0 Å². The number of hydrogen-bond donors (Lipinski definition) is 1. The highest BCUT2D eigenvalue weighted by molar-refractivity contribution is 7.91. The summed E-state index contributed by atoms with van der Waals surface area (Å²) in [5.74, 6) is -0.544. The number of ether oxygens (including phenoxy) is 2. The van der Waals surface area contributed by atoms with E-state index < -0.39 is 34.4 Å². The van der Waals surface area contributed by atoms with Gasteiger partial charge in [0.1, 0.15) is 5.75 Å². The lowest BCUT2D eigenvalue weighted by Gasteiger charge is -2.13. The fourth-order valence-corrected chi connectivity index (χ4v) is 4.56. The van der Waals surface area contributed by atoms with Gasteiger partial charge in [0, 0.05) is 6.04 Å². The summed E-state index contributed by atoms with van der Waals surface area (Å²) >= 11 is 0. The summed E-state index contributed by atoms with van der Waals surface area (Å²) in [5, 5.41) is 2.55. The minimum atomic E-state index is -3.07. The van der Waals surface area contributed by atoms with Gasteiger partial charge in [0.2, 0.25) is 0 Å². The summed E-state index contributed by atoms with van der Waals surface area (Å²) in [7, 11) is -3.07. The second kappa shape index (κ2) is 7.86. The number of carbonyl (C=O) groups excluding carboxylic acids is 2. The van der Waals surface area contributed by atoms with E-state index in [0.717, 1.165) is 16.7 Å². The van der Waals surface area contributed by atoms with Crippen LogP contribution in [-0.2, 0) is 24.2 Å². The molecule has 1 aromatic carbocycles. The SMILES string of the molecule is Cc1cc(C)c(OCC(=O)OCC(=O)N[C@@H]2CCS(=O)(=O)C2)c(C)c1. The second-order valence-corrected chi connectivity index (χ2v) is 8.57. The predicted molar refractivity (Wildman–Crippen MR) is 92.3 cm³/mol. The quantitative estimate of drug-likeness (QED) is 0.746. The Hall–Kier alpha value is -2.09. The Morgan fingerprint density at radius 3 is 2.36 bits per heavy atom. The van der Waals surface area contributed by atoms with Crippen LogP contribution in [0, 0.1) is 20.8 Å². The third-order valence-corrected chi connectivity index (χ3v) is 5.67. The van der Waals surface area contributed by atoms with Gasteiger partial charge in [0.25, 0.3) is 5.91 Å². The van der Waals surface area contributed by atoms with Crippen LogP contribution in [0.1, 0.15) is 23.1 Å². The second-order valence-electron chi connectivity index (χ2n) is 6.34. The number of benzene rings is 1. The van der Waals surface area contributed by atoms with Crippen LogP contribution in [0.2, 0.25) is 0 Å². The third kappa shape index (κ3) is 5.74. The molecule has 0 aliphatic carbocycles. The lowest BCUT2D eigenvalue weighted by Crippen LogP contribution is -2.38. The molecule has 0 aromatic heterocycles. The zero-order valence-electron chi connectivity index (χ0n) is 14.6. The molecule has 1 saturated heterocycles. The molecule has 8 heteroatoms. The van der Waals surface area contributed by atoms with E-state index in [2.05, 4.69) is 5.32 Å². The summed E-state index contributed by atoms with van der Waals surface area (Å²) in [4.78, 5) is 23.4. The van der Waals surface area contributed by atoms with Crippen molar-refractivity contribution in [1.29, 1.82) is 0 Å². The van der Waals surface area contributed by atoms with Gasteiger partial charge in [-0.2, -0.15) is 0 Å². The van der Waals surface area contributed by atoms with E-state index >= 15 is 0 Å². The lowest BCUT2D eigenvalue weighted by atomic mass is 10.1. The molecule has 0 radical (unpaired) electrons. The average molecular weight is 369 g/mol. The van der Waals surface area contributed by atoms with Crippen molar-refractivity contribution in [2.45, 2.75) is 33.2 Å². The van der Waals surface area contributed by atoms with Crippen LogP contribution in [-0.4, -0.2) is 51.1 Å². The Morgan fingerprint density at radius 1 is 1.16 bits per heavy atom. The number of rotatable bonds is 6. The Labute approximate surface area is 147 Å². The van der Waals surface area contributed by atoms with Crippen molar-refractivity contribution in [2.24, 2.45) is 0 Å². The van der Waals surface area contributed by atoms with Gasteiger partial charge >= 0.3 is 5.97 Å². The van der Waals surface area contributed by atoms with Gasteiger partial charge in [-0.25, -0.2) is 13.2 Å². The molecule has 1 fully saturated rings. The highest BCUT2D eigenvalue weighted by Crippen LogP contribution is 2.24. The minimum absolute atomic E-state index is 0.0677. The lowest BCUT2D eigenvalue weighted by molar-refractivity contribution is -0.150. The molecular formula is C17H23NO6S. The first-order valence-corrected chi connectivity index (χ1v) is 9.84. The van der Waals surface area contributed by atoms with Crippen LogP contribution < -0.4 is 10.1 Å². The number of aryl methyl sites for hydroxylation is 3. The van der Waals surface area contributed by atoms with Crippen LogP contribution in [0.4, 0.5) is 0 Å². The summed E-state index contributed by atoms with van der Waals surface area (Å²) in [6, 6.07) is 3.50. The number of esters is 1. The minimum Gasteiger partial charge on any atom is -0.481 e. The number of sulfone groups is 1. The normalized spacial score (nSPS) is 18.6. The van der Waals surface area contributed by atoms with Gasteiger partial charge in [0.05, 0.1) is 11.5 Å². The summed E-state index contributed by atoms with van der Waals surface area (Å²) in [6.45, 7) is 5.01. The number of hydrogen-bond acceptors (Lipinski definition) is 6. The van der Waals surface area contributed by atoms with Gasteiger partial charge in [-0.15, -0.1) is 0 Å². The van der Waals surface area contributed by atoms with Crippen molar-refractivity contribution in [3.8, 4) is 5.75 Å². The molecule has 0 spiro atoms. The van der Waals surface area contributed by atoms with Gasteiger partial charge in [-0.05, 0) is 38.3 Å². The van der Waals surface area contributed by atoms with Crippen molar-refractivity contribution < 1.29 is 27.5 Å². The Kier molecular flexibility index (Phi) is 6.05. The maximum Gasteiger partial charge on any atom is 0.344 e. The average Bonchev–Trinajstić information content (AvgIpc) is 2.82. The van der Waals surface area contributed by atoms with Crippen LogP contribution in [0.15, 0.2) is 12.1 Å². The first kappa shape index (κ1) is 19.2. The Morgan fingerprint density at radius 2 is 1.80 bits per heavy atom. The standard InChI is InChI=1S/C17H23NO6S/c1-11-6-12(2)17(13(3)7-11)24-9-16(20)23-8-15(19)18-14-4-5-25(21,22)10-14/h6-7,14H,4-5,8-10H2,1-3H3,(H,18,19)/t14-/m1/s1. The molecule has 0 unspecified atom stereocenters. The van der Waals surface area contributed by atoms with Gasteiger partial charge in [-0.1, -0.05) is 17.7 Å². The zero-order chi connectivity index (χ0) is 18.6. The number of carbonyl (C=O) groups is 2. The van der Waals surface area contributed by atoms with Crippen LogP contribution in [0.3, 0.4) is 0 Å². The van der Waals surface area contributed by atoms with E-state index in [4.69, 9.17) is 9.47 Å². The fraction of sp³-hybridized carbons (Fsp3) is 0.529. The molecule has 1 aromatic rings. The molecule has 0 bridgehead atoms. The number of nitrogens with one attached hydrogen (secondary N) is 1. The summed E-state index contributed by atoms with van der Waals surface area (Å²) in [6.07, 6.45) is 0.386. The fourth-order valence-electron chi connectivity index (χ4n) is 2.89. The van der Waals surface area contributed by atoms with Crippen LogP contribution >= 0.6 is 0 Å². The third-order valence-electron chi connectivity index (χ3n) is 3.90. The highest BCUT2D eigenvalue weighted by atomic mass is 32.2. The topological polar surface area (TPSA) is 98.8 Å². The molecule has 1 atom stereocenters. The van der Waals surface area contributed by atoms with Crippen molar-refractivity contribution in [3.63, 3.8) is 0 Å². The smallest absolute Gasteiger partial charge is 0.344 e. The molecule has 1 aliphatic rings. The molecule has 7 nitrogen and oxygen atoms in total. The van der Waals surface area contributed by atoms with Crippen molar-refractivity contribution >= 4 is 21.7 Å². The van der Waals surface area contributed by atoms with Crippen molar-refractivity contribution in [2.75, 3.05) is 24.7 Å². The van der Waals surface area contributed by atoms with Crippen molar-refractivity contribution in [3.05, 3.63) is 28.8 Å². The molecule has 25 heavy (non-hydrogen) atoms. The summed E-state index contributed by atoms with van der Waals surface area (Å²) in [5.41, 5.74) is 2.95. The van der Waals surface area contributed by atoms with Gasteiger partial charge in [-0.3, -0.25) is 4.79 Å². The van der Waals surface area contributed by atoms with E-state index in [1.54, 1.807) is 0 Å². The Balaban J connectivity index is 1.75. The molecule has 1 aliphatic heterocycles. The molecule has 1 N–H and O–H groups in total. The van der Waals surface area contributed by atoms with Crippen LogP contribution in [0.5, 0.6) is 5.75 Å². The van der Waals surface area contributed by atoms with E-state index in [-0.39, 0.29) is 18.1 Å². The van der Waals surface area contributed by atoms with E-state index in [0.29, 0.717) is 12.2 Å². The molecular weight excluding hydrogens is 346 g/mol. The first-order chi connectivity index (χ1) is 11.7. The highest BCUT2D eigenvalue weighted by Gasteiger charge is 2.29. The molecule has 1 heterocycles. The maximum absolute atomic E-state index is 11.7. The molecule has 0 saturated carbocycles.